The Kier molecular flexibility index (Phi) is 5.60. The van der Waals surface area contributed by atoms with E-state index in [9.17, 15) is 10.1 Å². The molecule has 0 radical (unpaired) electrons. The van der Waals surface area contributed by atoms with Crippen LogP contribution in [0.15, 0.2) is 52.8 Å². The van der Waals surface area contributed by atoms with Crippen LogP contribution >= 0.6 is 11.3 Å². The maximum atomic E-state index is 11.0. The Morgan fingerprint density at radius 2 is 1.93 bits per heavy atom. The molecular weight excluding hydrogens is 386 g/mol. The van der Waals surface area contributed by atoms with Gasteiger partial charge in [0.1, 0.15) is 0 Å². The lowest BCUT2D eigenvalue weighted by Crippen LogP contribution is -2.24. The van der Waals surface area contributed by atoms with Gasteiger partial charge in [0.25, 0.3) is 5.69 Å². The molecule has 0 N–H and O–H groups in total. The molecular formula is C22H23N3O3S. The molecule has 1 fully saturated rings. The Hall–Kier alpha value is -2.77. The molecule has 1 saturated heterocycles. The van der Waals surface area contributed by atoms with Gasteiger partial charge in [0.05, 0.1) is 29.0 Å². The van der Waals surface area contributed by atoms with Crippen molar-refractivity contribution in [3.8, 4) is 11.3 Å². The Morgan fingerprint density at radius 3 is 2.55 bits per heavy atom. The van der Waals surface area contributed by atoms with Crippen molar-refractivity contribution in [3.63, 3.8) is 0 Å². The first-order valence-electron chi connectivity index (χ1n) is 9.67. The number of nitro groups is 1. The molecule has 0 saturated carbocycles. The summed E-state index contributed by atoms with van der Waals surface area (Å²) in [6.07, 6.45) is 2.27. The van der Waals surface area contributed by atoms with Crippen molar-refractivity contribution in [1.29, 1.82) is 0 Å². The van der Waals surface area contributed by atoms with E-state index in [1.807, 2.05) is 0 Å². The first-order valence-corrected chi connectivity index (χ1v) is 10.6. The lowest BCUT2D eigenvalue weighted by molar-refractivity contribution is -0.384. The largest absolute Gasteiger partial charge is 0.376 e. The minimum absolute atomic E-state index is 0.0924. The summed E-state index contributed by atoms with van der Waals surface area (Å²) >= 11 is 1.58. The highest BCUT2D eigenvalue weighted by molar-refractivity contribution is 7.07. The van der Waals surface area contributed by atoms with Crippen LogP contribution in [0.5, 0.6) is 0 Å². The Bertz CT molecular complexity index is 1070. The number of benzene rings is 2. The number of aromatic nitrogens is 1. The lowest BCUT2D eigenvalue weighted by Gasteiger charge is -2.14. The van der Waals surface area contributed by atoms with E-state index in [2.05, 4.69) is 42.0 Å². The fourth-order valence-electron chi connectivity index (χ4n) is 3.70. The number of thiazole rings is 1. The number of hydrogen-bond donors (Lipinski definition) is 0. The molecule has 1 atom stereocenters. The van der Waals surface area contributed by atoms with E-state index in [4.69, 9.17) is 9.73 Å². The SMILES string of the molecule is Cc1cc(C)cc(N=c2scc(-c3ccc([N+](=O)[O-])cc3)n2CC2CCCO2)c1. The number of ether oxygens (including phenoxy) is 1. The maximum Gasteiger partial charge on any atom is 0.269 e. The van der Waals surface area contributed by atoms with Gasteiger partial charge in [0.15, 0.2) is 4.80 Å². The number of hydrogen-bond acceptors (Lipinski definition) is 5. The molecule has 0 bridgehead atoms. The van der Waals surface area contributed by atoms with Gasteiger partial charge in [0.2, 0.25) is 0 Å². The number of aryl methyl sites for hydroxylation is 2. The second kappa shape index (κ2) is 8.31. The van der Waals surface area contributed by atoms with Gasteiger partial charge in [-0.2, -0.15) is 0 Å². The maximum absolute atomic E-state index is 11.0. The van der Waals surface area contributed by atoms with Crippen LogP contribution in [0.1, 0.15) is 24.0 Å². The van der Waals surface area contributed by atoms with Gasteiger partial charge in [-0.05, 0) is 67.6 Å². The first kappa shape index (κ1) is 19.5. The van der Waals surface area contributed by atoms with Crippen molar-refractivity contribution >= 4 is 22.7 Å². The van der Waals surface area contributed by atoms with Gasteiger partial charge >= 0.3 is 0 Å². The summed E-state index contributed by atoms with van der Waals surface area (Å²) in [7, 11) is 0. The predicted molar refractivity (Wildman–Crippen MR) is 115 cm³/mol. The third-order valence-corrected chi connectivity index (χ3v) is 5.88. The molecule has 0 spiro atoms. The highest BCUT2D eigenvalue weighted by Gasteiger charge is 2.19. The summed E-state index contributed by atoms with van der Waals surface area (Å²) in [6, 6.07) is 13.0. The van der Waals surface area contributed by atoms with E-state index in [1.54, 1.807) is 35.6 Å². The Labute approximate surface area is 173 Å². The smallest absolute Gasteiger partial charge is 0.269 e. The van der Waals surface area contributed by atoms with E-state index in [0.29, 0.717) is 0 Å². The zero-order valence-electron chi connectivity index (χ0n) is 16.5. The summed E-state index contributed by atoms with van der Waals surface area (Å²) in [5, 5.41) is 13.0. The topological polar surface area (TPSA) is 69.7 Å². The summed E-state index contributed by atoms with van der Waals surface area (Å²) in [5.41, 5.74) is 5.33. The molecule has 29 heavy (non-hydrogen) atoms. The standard InChI is InChI=1S/C22H23N3O3S/c1-15-10-16(2)12-18(11-15)23-22-24(13-20-4-3-9-28-20)21(14-29-22)17-5-7-19(8-6-17)25(26)27/h5-8,10-12,14,20H,3-4,9,13H2,1-2H3. The lowest BCUT2D eigenvalue weighted by atomic mass is 10.1. The van der Waals surface area contributed by atoms with E-state index >= 15 is 0 Å². The van der Waals surface area contributed by atoms with Crippen molar-refractivity contribution in [2.45, 2.75) is 39.3 Å². The summed E-state index contributed by atoms with van der Waals surface area (Å²) in [5.74, 6) is 0. The minimum atomic E-state index is -0.376. The highest BCUT2D eigenvalue weighted by atomic mass is 32.1. The quantitative estimate of drug-likeness (QED) is 0.432. The first-order chi connectivity index (χ1) is 14.0. The molecule has 1 aliphatic rings. The molecule has 1 aliphatic heterocycles. The van der Waals surface area contributed by atoms with Crippen LogP contribution in [0.25, 0.3) is 11.3 Å². The van der Waals surface area contributed by atoms with Crippen molar-refractivity contribution in [3.05, 3.63) is 73.9 Å². The van der Waals surface area contributed by atoms with Crippen LogP contribution in [0, 0.1) is 24.0 Å². The average Bonchev–Trinajstić information content (AvgIpc) is 3.32. The van der Waals surface area contributed by atoms with Crippen molar-refractivity contribution in [2.75, 3.05) is 6.61 Å². The molecule has 150 valence electrons. The predicted octanol–water partition coefficient (Wildman–Crippen LogP) is 5.15. The van der Waals surface area contributed by atoms with Crippen LogP contribution in [-0.4, -0.2) is 22.2 Å². The van der Waals surface area contributed by atoms with Gasteiger partial charge < -0.3 is 9.30 Å². The van der Waals surface area contributed by atoms with Gasteiger partial charge in [-0.3, -0.25) is 10.1 Å². The molecule has 0 amide bonds. The second-order valence-electron chi connectivity index (χ2n) is 7.41. The van der Waals surface area contributed by atoms with Gasteiger partial charge in [-0.25, -0.2) is 4.99 Å². The van der Waals surface area contributed by atoms with Crippen molar-refractivity contribution < 1.29 is 9.66 Å². The molecule has 1 aromatic heterocycles. The fraction of sp³-hybridized carbons (Fsp3) is 0.318. The average molecular weight is 410 g/mol. The molecule has 0 aliphatic carbocycles. The monoisotopic (exact) mass is 409 g/mol. The number of nitrogens with zero attached hydrogens (tertiary/aromatic N) is 3. The molecule has 4 rings (SSSR count). The number of rotatable bonds is 5. The Morgan fingerprint density at radius 1 is 1.21 bits per heavy atom. The molecule has 3 aromatic rings. The fourth-order valence-corrected chi connectivity index (χ4v) is 4.64. The highest BCUT2D eigenvalue weighted by Crippen LogP contribution is 2.25. The van der Waals surface area contributed by atoms with E-state index in [1.165, 1.54) is 11.1 Å². The van der Waals surface area contributed by atoms with Crippen LogP contribution in [0.2, 0.25) is 0 Å². The Balaban J connectivity index is 1.79. The zero-order valence-corrected chi connectivity index (χ0v) is 17.3. The molecule has 7 heteroatoms. The van der Waals surface area contributed by atoms with Crippen molar-refractivity contribution in [1.82, 2.24) is 4.57 Å². The van der Waals surface area contributed by atoms with E-state index in [-0.39, 0.29) is 16.7 Å². The van der Waals surface area contributed by atoms with Crippen LogP contribution in [0.4, 0.5) is 11.4 Å². The second-order valence-corrected chi connectivity index (χ2v) is 8.25. The normalized spacial score (nSPS) is 17.0. The zero-order chi connectivity index (χ0) is 20.4. The minimum Gasteiger partial charge on any atom is -0.376 e. The van der Waals surface area contributed by atoms with Crippen LogP contribution < -0.4 is 4.80 Å². The summed E-state index contributed by atoms with van der Waals surface area (Å²) < 4.78 is 8.04. The van der Waals surface area contributed by atoms with E-state index < -0.39 is 0 Å². The van der Waals surface area contributed by atoms with Gasteiger partial charge in [0, 0.05) is 24.1 Å². The molecule has 6 nitrogen and oxygen atoms in total. The molecule has 2 heterocycles. The van der Waals surface area contributed by atoms with Crippen LogP contribution in [0.3, 0.4) is 0 Å². The van der Waals surface area contributed by atoms with E-state index in [0.717, 1.165) is 47.7 Å². The third kappa shape index (κ3) is 4.46. The number of nitro benzene ring substituents is 1. The number of non-ortho nitro benzene ring substituents is 1. The van der Waals surface area contributed by atoms with Crippen LogP contribution in [-0.2, 0) is 11.3 Å². The van der Waals surface area contributed by atoms with Gasteiger partial charge in [-0.1, -0.05) is 6.07 Å². The summed E-state index contributed by atoms with van der Waals surface area (Å²) in [4.78, 5) is 16.4. The summed E-state index contributed by atoms with van der Waals surface area (Å²) in [6.45, 7) is 5.66. The van der Waals surface area contributed by atoms with Crippen molar-refractivity contribution in [2.24, 2.45) is 4.99 Å². The third-order valence-electron chi connectivity index (χ3n) is 5.01. The van der Waals surface area contributed by atoms with Gasteiger partial charge in [-0.15, -0.1) is 11.3 Å². The molecule has 2 aromatic carbocycles. The molecule has 1 unspecified atom stereocenters.